The SMILES string of the molecule is CN1c2ccc(C=C3SC(=S)C(CC(=O)O)C3=O)cc2Sc2ccc(Cl)cc21. The fraction of sp³-hybridized carbons (Fsp3) is 0.150. The van der Waals surface area contributed by atoms with Gasteiger partial charge in [-0.1, -0.05) is 53.4 Å². The molecule has 0 aliphatic carbocycles. The molecule has 2 aliphatic rings. The summed E-state index contributed by atoms with van der Waals surface area (Å²) in [6, 6.07) is 11.8. The number of nitrogens with zero attached hydrogens (tertiary/aromatic N) is 1. The van der Waals surface area contributed by atoms with Gasteiger partial charge in [0.05, 0.1) is 32.8 Å². The number of thiocarbonyl (C=S) groups is 1. The van der Waals surface area contributed by atoms with Crippen LogP contribution in [0.5, 0.6) is 0 Å². The van der Waals surface area contributed by atoms with Gasteiger partial charge in [-0.15, -0.1) is 0 Å². The number of anilines is 2. The first kappa shape index (κ1) is 19.5. The monoisotopic (exact) mass is 447 g/mol. The largest absolute Gasteiger partial charge is 0.481 e. The van der Waals surface area contributed by atoms with Gasteiger partial charge in [0.2, 0.25) is 0 Å². The number of aliphatic carboxylic acids is 1. The second-order valence-corrected chi connectivity index (χ2v) is 9.75. The average molecular weight is 448 g/mol. The highest BCUT2D eigenvalue weighted by Gasteiger charge is 2.36. The summed E-state index contributed by atoms with van der Waals surface area (Å²) in [5.74, 6) is -1.95. The van der Waals surface area contributed by atoms with Gasteiger partial charge < -0.3 is 10.0 Å². The van der Waals surface area contributed by atoms with Crippen LogP contribution in [0.3, 0.4) is 0 Å². The number of carbonyl (C=O) groups excluding carboxylic acids is 1. The fourth-order valence-corrected chi connectivity index (χ4v) is 5.97. The fourth-order valence-electron chi connectivity index (χ4n) is 3.18. The molecule has 2 heterocycles. The summed E-state index contributed by atoms with van der Waals surface area (Å²) >= 11 is 14.2. The first-order valence-corrected chi connectivity index (χ1v) is 10.8. The Labute approximate surface area is 180 Å². The lowest BCUT2D eigenvalue weighted by atomic mass is 10.0. The molecule has 4 nitrogen and oxygen atoms in total. The van der Waals surface area contributed by atoms with Crippen molar-refractivity contribution in [1.29, 1.82) is 0 Å². The van der Waals surface area contributed by atoms with Crippen LogP contribution in [-0.4, -0.2) is 28.1 Å². The third-order valence-corrected chi connectivity index (χ3v) is 7.48. The van der Waals surface area contributed by atoms with Crippen LogP contribution < -0.4 is 4.90 Å². The highest BCUT2D eigenvalue weighted by Crippen LogP contribution is 2.48. The molecule has 1 unspecified atom stereocenters. The van der Waals surface area contributed by atoms with Crippen molar-refractivity contribution >= 4 is 80.7 Å². The number of Topliss-reactive ketones (excluding diaryl/α,β-unsaturated/α-hetero) is 1. The summed E-state index contributed by atoms with van der Waals surface area (Å²) in [4.78, 5) is 28.3. The highest BCUT2D eigenvalue weighted by molar-refractivity contribution is 8.27. The van der Waals surface area contributed by atoms with Crippen LogP contribution in [0.1, 0.15) is 12.0 Å². The molecule has 2 aliphatic heterocycles. The van der Waals surface area contributed by atoms with Crippen molar-refractivity contribution in [2.75, 3.05) is 11.9 Å². The number of benzene rings is 2. The molecule has 0 radical (unpaired) electrons. The van der Waals surface area contributed by atoms with Crippen LogP contribution in [-0.2, 0) is 9.59 Å². The third-order valence-electron chi connectivity index (χ3n) is 4.58. The van der Waals surface area contributed by atoms with Crippen LogP contribution in [0.15, 0.2) is 51.1 Å². The number of rotatable bonds is 3. The summed E-state index contributed by atoms with van der Waals surface area (Å²) in [6.45, 7) is 0. The van der Waals surface area contributed by atoms with Crippen LogP contribution in [0.25, 0.3) is 6.08 Å². The smallest absolute Gasteiger partial charge is 0.304 e. The lowest BCUT2D eigenvalue weighted by Gasteiger charge is -2.29. The second-order valence-electron chi connectivity index (χ2n) is 6.44. The molecular formula is C20H14ClNO3S3. The van der Waals surface area contributed by atoms with Crippen molar-refractivity contribution in [3.05, 3.63) is 51.9 Å². The number of carbonyl (C=O) groups is 2. The van der Waals surface area contributed by atoms with Crippen molar-refractivity contribution < 1.29 is 14.7 Å². The Morgan fingerprint density at radius 2 is 2.00 bits per heavy atom. The summed E-state index contributed by atoms with van der Waals surface area (Å²) < 4.78 is 0.427. The first-order valence-electron chi connectivity index (χ1n) is 8.38. The molecule has 1 saturated heterocycles. The molecule has 0 saturated carbocycles. The zero-order chi connectivity index (χ0) is 20.0. The van der Waals surface area contributed by atoms with E-state index in [9.17, 15) is 9.59 Å². The zero-order valence-electron chi connectivity index (χ0n) is 14.6. The van der Waals surface area contributed by atoms with E-state index in [1.807, 2.05) is 43.4 Å². The lowest BCUT2D eigenvalue weighted by molar-refractivity contribution is -0.139. The van der Waals surface area contributed by atoms with E-state index in [0.717, 1.165) is 26.7 Å². The van der Waals surface area contributed by atoms with Crippen LogP contribution >= 0.6 is 47.3 Å². The zero-order valence-corrected chi connectivity index (χ0v) is 17.8. The summed E-state index contributed by atoms with van der Waals surface area (Å²) in [5.41, 5.74) is 3.00. The predicted octanol–water partition coefficient (Wildman–Crippen LogP) is 5.65. The average Bonchev–Trinajstić information content (AvgIpc) is 2.89. The molecule has 4 rings (SSSR count). The van der Waals surface area contributed by atoms with Crippen LogP contribution in [0.2, 0.25) is 5.02 Å². The molecule has 0 bridgehead atoms. The van der Waals surface area contributed by atoms with Crippen molar-refractivity contribution in [2.24, 2.45) is 5.92 Å². The topological polar surface area (TPSA) is 57.6 Å². The molecule has 1 fully saturated rings. The molecule has 8 heteroatoms. The van der Waals surface area contributed by atoms with Gasteiger partial charge in [-0.05, 0) is 42.0 Å². The minimum atomic E-state index is -1.02. The number of ketones is 1. The number of hydrogen-bond donors (Lipinski definition) is 1. The normalized spacial score (nSPS) is 19.7. The first-order chi connectivity index (χ1) is 13.3. The minimum Gasteiger partial charge on any atom is -0.481 e. The maximum atomic E-state index is 12.5. The Morgan fingerprint density at radius 3 is 2.75 bits per heavy atom. The number of hydrogen-bond acceptors (Lipinski definition) is 6. The van der Waals surface area contributed by atoms with Gasteiger partial charge >= 0.3 is 5.97 Å². The Kier molecular flexibility index (Phi) is 5.26. The van der Waals surface area contributed by atoms with E-state index in [0.29, 0.717) is 14.1 Å². The Balaban J connectivity index is 1.64. The van der Waals surface area contributed by atoms with Crippen LogP contribution in [0, 0.1) is 5.92 Å². The van der Waals surface area contributed by atoms with Crippen LogP contribution in [0.4, 0.5) is 11.4 Å². The van der Waals surface area contributed by atoms with Gasteiger partial charge in [0.15, 0.2) is 5.78 Å². The lowest BCUT2D eigenvalue weighted by Crippen LogP contribution is -2.17. The minimum absolute atomic E-state index is 0.208. The second kappa shape index (κ2) is 7.55. The summed E-state index contributed by atoms with van der Waals surface area (Å²) in [5, 5.41) is 9.68. The maximum absolute atomic E-state index is 12.5. The predicted molar refractivity (Wildman–Crippen MR) is 119 cm³/mol. The molecule has 2 aromatic rings. The number of fused-ring (bicyclic) bond motifs is 2. The van der Waals surface area contributed by atoms with E-state index < -0.39 is 11.9 Å². The van der Waals surface area contributed by atoms with E-state index in [2.05, 4.69) is 4.90 Å². The van der Waals surface area contributed by atoms with Crippen molar-refractivity contribution in [3.8, 4) is 0 Å². The number of allylic oxidation sites excluding steroid dienone is 1. The van der Waals surface area contributed by atoms with Crippen molar-refractivity contribution in [1.82, 2.24) is 0 Å². The van der Waals surface area contributed by atoms with E-state index in [4.69, 9.17) is 28.9 Å². The number of carboxylic acid groups (broad SMARTS) is 1. The summed E-state index contributed by atoms with van der Waals surface area (Å²) in [6.07, 6.45) is 1.53. The summed E-state index contributed by atoms with van der Waals surface area (Å²) in [7, 11) is 2.00. The molecule has 0 aromatic heterocycles. The quantitative estimate of drug-likeness (QED) is 0.482. The molecule has 2 aromatic carbocycles. The Hall–Kier alpha value is -1.80. The highest BCUT2D eigenvalue weighted by atomic mass is 35.5. The van der Waals surface area contributed by atoms with Gasteiger partial charge in [-0.3, -0.25) is 9.59 Å². The van der Waals surface area contributed by atoms with Gasteiger partial charge in [0.1, 0.15) is 0 Å². The van der Waals surface area contributed by atoms with E-state index in [1.165, 1.54) is 11.8 Å². The van der Waals surface area contributed by atoms with Gasteiger partial charge in [-0.25, -0.2) is 0 Å². The van der Waals surface area contributed by atoms with Crippen molar-refractivity contribution in [2.45, 2.75) is 16.2 Å². The standard InChI is InChI=1S/C20H14ClNO3S3/c1-22-13-4-2-10(6-16(13)27-15-5-3-11(21)8-14(15)22)7-17-19(25)12(9-18(23)24)20(26)28-17/h2-8,12H,9H2,1H3,(H,23,24). The van der Waals surface area contributed by atoms with E-state index in [-0.39, 0.29) is 12.2 Å². The molecule has 142 valence electrons. The number of halogens is 1. The molecule has 1 N–H and O–H groups in total. The Morgan fingerprint density at radius 1 is 1.21 bits per heavy atom. The number of thioether (sulfide) groups is 1. The van der Waals surface area contributed by atoms with Gasteiger partial charge in [0, 0.05) is 21.9 Å². The molecule has 1 atom stereocenters. The Bertz CT molecular complexity index is 1070. The third kappa shape index (κ3) is 3.59. The van der Waals surface area contributed by atoms with Gasteiger partial charge in [0.25, 0.3) is 0 Å². The molecule has 28 heavy (non-hydrogen) atoms. The molecular weight excluding hydrogens is 434 g/mol. The molecule has 0 amide bonds. The van der Waals surface area contributed by atoms with Gasteiger partial charge in [-0.2, -0.15) is 0 Å². The van der Waals surface area contributed by atoms with Crippen molar-refractivity contribution in [3.63, 3.8) is 0 Å². The number of carboxylic acids is 1. The molecule has 0 spiro atoms. The van der Waals surface area contributed by atoms with E-state index >= 15 is 0 Å². The maximum Gasteiger partial charge on any atom is 0.304 e. The van der Waals surface area contributed by atoms with E-state index in [1.54, 1.807) is 17.8 Å².